The largest absolute Gasteiger partial charge is 0.479 e. The fraction of sp³-hybridized carbons (Fsp3) is 0.683. The molecule has 12 rings (SSSR count). The van der Waals surface area contributed by atoms with Gasteiger partial charge in [0.05, 0.1) is 145 Å². The number of aliphatic hydroxyl groups is 8. The summed E-state index contributed by atoms with van der Waals surface area (Å²) in [7, 11) is -10.5. The minimum Gasteiger partial charge on any atom is -0.479 e. The number of nitrogens with two attached hydrogens (primary N) is 1. The molecule has 108 heavy (non-hydrogen) atoms. The van der Waals surface area contributed by atoms with Crippen molar-refractivity contribution in [1.29, 1.82) is 0 Å². The fourth-order valence-electron chi connectivity index (χ4n) is 13.0. The number of carbonyl (C=O) groups is 1. The molecule has 45 heteroatoms. The van der Waals surface area contributed by atoms with E-state index in [0.29, 0.717) is 57.1 Å². The Balaban J connectivity index is 0.000000166. The van der Waals surface area contributed by atoms with E-state index in [1.54, 1.807) is 76.0 Å². The van der Waals surface area contributed by atoms with Crippen molar-refractivity contribution in [3.8, 4) is 5.88 Å². The number of nitrogens with zero attached hydrogens (tertiary/aromatic N) is 14. The van der Waals surface area contributed by atoms with Crippen molar-refractivity contribution in [2.24, 2.45) is 26.7 Å². The van der Waals surface area contributed by atoms with E-state index in [1.807, 2.05) is 0 Å². The first-order chi connectivity index (χ1) is 50.5. The maximum absolute atomic E-state index is 12.2. The average Bonchev–Trinajstić information content (AvgIpc) is 1.61. The number of ether oxygens (including phenoxy) is 5. The molecule has 18 atom stereocenters. The van der Waals surface area contributed by atoms with Gasteiger partial charge in [-0.05, 0) is 34.6 Å². The minimum atomic E-state index is -3.27. The predicted octanol–water partition coefficient (Wildman–Crippen LogP) is 3.35. The van der Waals surface area contributed by atoms with E-state index in [4.69, 9.17) is 56.6 Å². The number of ketones is 1. The van der Waals surface area contributed by atoms with Crippen LogP contribution >= 0.6 is 29.9 Å². The van der Waals surface area contributed by atoms with Gasteiger partial charge in [0, 0.05) is 52.6 Å². The molecule has 4 saturated heterocycles. The monoisotopic (exact) mass is 1600 g/mol. The maximum atomic E-state index is 12.2. The predicted molar refractivity (Wildman–Crippen MR) is 387 cm³/mol. The van der Waals surface area contributed by atoms with Crippen LogP contribution in [0.15, 0.2) is 35.1 Å². The Morgan fingerprint density at radius 2 is 0.880 bits per heavy atom. The zero-order valence-corrected chi connectivity index (χ0v) is 66.3. The molecule has 4 fully saturated rings. The number of carbonyl (C=O) groups excluding carboxylic acids is 1. The van der Waals surface area contributed by atoms with E-state index >= 15 is 0 Å². The van der Waals surface area contributed by atoms with Gasteiger partial charge in [0.2, 0.25) is 5.88 Å². The van der Waals surface area contributed by atoms with Gasteiger partial charge in [0.25, 0.3) is 5.56 Å². The molecule has 0 spiro atoms. The molecule has 0 aliphatic carbocycles. The smallest absolute Gasteiger partial charge is 0.327 e. The van der Waals surface area contributed by atoms with Crippen molar-refractivity contribution in [3.05, 3.63) is 58.8 Å². The summed E-state index contributed by atoms with van der Waals surface area (Å²) in [6, 6.07) is 0. The van der Waals surface area contributed by atoms with Gasteiger partial charge < -0.3 is 102 Å². The zero-order chi connectivity index (χ0) is 79.8. The van der Waals surface area contributed by atoms with Gasteiger partial charge in [-0.2, -0.15) is 4.98 Å². The SMILES string of the molecule is CCOP(C)(=O)OC[C@H]1O[C@@H](n2cnc3c(N)nc(C)nc32)[C@@](C)(CO)C1O.CCOP(C)(=O)OC[C@H]1O[C@@H](n2cnc3c(OC)nc(C)nc32)[C@@](C)(CO)C1O.C[C@]1(CO)C(O)[C@@H](COP(C)(C)=O)O[C@H]1n1cnc2c1N=CCC2=O.Cc1nc2c(ncn2[C@@H]2O[C@H](COP(C)(C)=O)C(O)[C@]2(C)CO)c(=O)[nH]1. The first kappa shape index (κ1) is 85.8. The van der Waals surface area contributed by atoms with Crippen molar-refractivity contribution in [1.82, 2.24) is 68.1 Å². The number of methoxy groups -OCH3 is 1. The first-order valence-corrected chi connectivity index (χ1v) is 43.2. The second-order valence-corrected chi connectivity index (χ2v) is 38.1. The number of aromatic nitrogens is 14. The topological polar surface area (TPSA) is 556 Å². The molecule has 12 heterocycles. The summed E-state index contributed by atoms with van der Waals surface area (Å²) in [4.78, 5) is 68.9. The number of aliphatic hydroxyl groups excluding tert-OH is 8. The van der Waals surface area contributed by atoms with Crippen molar-refractivity contribution in [2.45, 2.75) is 142 Å². The van der Waals surface area contributed by atoms with Crippen LogP contribution in [-0.2, 0) is 64.4 Å². The van der Waals surface area contributed by atoms with Crippen LogP contribution < -0.4 is 16.0 Å². The molecule has 41 nitrogen and oxygen atoms in total. The van der Waals surface area contributed by atoms with E-state index in [1.165, 1.54) is 83.2 Å². The summed E-state index contributed by atoms with van der Waals surface area (Å²) >= 11 is 0. The number of hydrogen-bond acceptors (Lipinski definition) is 36. The lowest BCUT2D eigenvalue weighted by molar-refractivity contribution is -0.0581. The lowest BCUT2D eigenvalue weighted by Crippen LogP contribution is -2.41. The molecule has 600 valence electrons. The molecule has 0 amide bonds. The van der Waals surface area contributed by atoms with E-state index < -0.39 is 125 Å². The molecule has 0 bridgehead atoms. The third-order valence-electron chi connectivity index (χ3n) is 19.1. The second kappa shape index (κ2) is 33.6. The third-order valence-corrected chi connectivity index (χ3v) is 23.3. The van der Waals surface area contributed by atoms with Gasteiger partial charge in [0.15, 0.2) is 65.8 Å². The lowest BCUT2D eigenvalue weighted by Gasteiger charge is -2.31. The van der Waals surface area contributed by atoms with Crippen molar-refractivity contribution in [3.63, 3.8) is 0 Å². The number of H-pyrrole nitrogens is 1. The van der Waals surface area contributed by atoms with Crippen LogP contribution in [0.1, 0.15) is 101 Å². The molecular formula is C63H98N16O25P4. The number of imidazole rings is 4. The van der Waals surface area contributed by atoms with Crippen LogP contribution in [0.4, 0.5) is 11.6 Å². The van der Waals surface area contributed by atoms with Crippen LogP contribution in [0.2, 0.25) is 0 Å². The first-order valence-electron chi connectivity index (χ1n) is 34.2. The molecule has 5 aliphatic rings. The normalized spacial score (nSPS) is 30.2. The summed E-state index contributed by atoms with van der Waals surface area (Å²) in [5.74, 6) is 2.08. The van der Waals surface area contributed by atoms with E-state index in [0.717, 1.165) is 0 Å². The van der Waals surface area contributed by atoms with Crippen molar-refractivity contribution in [2.75, 3.05) is 119 Å². The Morgan fingerprint density at radius 1 is 0.519 bits per heavy atom. The number of hydrogen-bond donors (Lipinski definition) is 10. The molecule has 11 N–H and O–H groups in total. The van der Waals surface area contributed by atoms with E-state index in [-0.39, 0.29) is 101 Å². The number of nitrogen functional groups attached to an aromatic ring is 1. The van der Waals surface area contributed by atoms with Gasteiger partial charge in [-0.25, -0.2) is 44.9 Å². The Bertz CT molecular complexity index is 4650. The standard InChI is InChI=1S/C17H27N4O7P.C16H26N5O6P.C15H23N4O6P.C15H22N3O6P/c1-6-26-29(5,24)27-7-11-13(23)17(3,8-22)16(28-11)21-9-18-12-14(21)19-10(2)20-15(12)25-4;1-5-25-28(4,24)26-6-10-12(23)16(3,7-22)15(27-10)21-8-18-11-13(17)19-9(2)20-14(11)21;1-8-17-12-10(13(22)18-8)16-7-19(12)14-15(2,6-20)11(21)9(25-14)5-24-26(3,4)23;1-15(7-19)12(21)10(6-23-25(2,3)22)24-14(15)18-8-17-11-9(20)4-5-16-13(11)18/h9,11,13,16,22-23H,6-8H2,1-5H3;8,10,12,15,22-23H,5-7H2,1-4H3,(H2,17,19,20);7,9,11,14,20-21H,5-6H2,1-4H3,(H,17,18,22);5,8,10,12,14,19,21H,4,6-7H2,1-3H3/t11-,13?,16-,17+,29?;10-,12?,15-,16+,28?;9-,11?,14-,15+;10-,12?,14-,15+/m1111/s1. The molecular weight excluding hydrogens is 1500 g/mol. The number of rotatable bonds is 25. The van der Waals surface area contributed by atoms with Gasteiger partial charge in [-0.15, -0.1) is 0 Å². The zero-order valence-electron chi connectivity index (χ0n) is 62.7. The highest BCUT2D eigenvalue weighted by Gasteiger charge is 2.58. The average molecular weight is 1600 g/mol. The highest BCUT2D eigenvalue weighted by molar-refractivity contribution is 7.57. The van der Waals surface area contributed by atoms with E-state index in [9.17, 15) is 68.7 Å². The van der Waals surface area contributed by atoms with Crippen molar-refractivity contribution >= 4 is 87.1 Å². The highest BCUT2D eigenvalue weighted by Crippen LogP contribution is 2.54. The summed E-state index contributed by atoms with van der Waals surface area (Å²) in [6.45, 7) is 22.3. The second-order valence-electron chi connectivity index (χ2n) is 28.4. The number of fused-ring (bicyclic) bond motifs is 4. The number of anilines is 1. The molecule has 0 radical (unpaired) electrons. The number of aliphatic imine (C=N–C) groups is 1. The molecule has 0 aromatic carbocycles. The quantitative estimate of drug-likeness (QED) is 0.0367. The third kappa shape index (κ3) is 17.8. The van der Waals surface area contributed by atoms with E-state index in [2.05, 4.69) is 54.8 Å². The minimum absolute atomic E-state index is 0.0728. The van der Waals surface area contributed by atoms with Crippen LogP contribution in [0.25, 0.3) is 33.5 Å². The number of Topliss-reactive ketones (excluding diaryl/α,β-unsaturated/α-hetero) is 1. The van der Waals surface area contributed by atoms with Gasteiger partial charge in [-0.3, -0.25) is 46.1 Å². The molecule has 7 aromatic heterocycles. The Morgan fingerprint density at radius 3 is 1.28 bits per heavy atom. The Kier molecular flexibility index (Phi) is 26.7. The maximum Gasteiger partial charge on any atom is 0.327 e. The van der Waals surface area contributed by atoms with Crippen LogP contribution in [-0.4, -0.2) is 283 Å². The van der Waals surface area contributed by atoms with Crippen molar-refractivity contribution < 1.29 is 115 Å². The number of nitrogens with one attached hydrogen (secondary N) is 1. The summed E-state index contributed by atoms with van der Waals surface area (Å²) in [5.41, 5.74) is 3.60. The molecule has 5 aliphatic heterocycles. The molecule has 0 saturated carbocycles. The fourth-order valence-corrected chi connectivity index (χ4v) is 15.9. The summed E-state index contributed by atoms with van der Waals surface area (Å²) in [5, 5.41) is 82.9. The summed E-state index contributed by atoms with van der Waals surface area (Å²) in [6.07, 6.45) is -3.34. The Labute approximate surface area is 620 Å². The lowest BCUT2D eigenvalue weighted by atomic mass is 9.83. The molecule has 6 unspecified atom stereocenters. The van der Waals surface area contributed by atoms with Gasteiger partial charge in [-0.1, -0.05) is 27.7 Å². The Hall–Kier alpha value is -6.20. The van der Waals surface area contributed by atoms with Crippen LogP contribution in [0.3, 0.4) is 0 Å². The van der Waals surface area contributed by atoms with Crippen LogP contribution in [0, 0.1) is 42.4 Å². The summed E-state index contributed by atoms with van der Waals surface area (Å²) < 4.78 is 115. The molecule has 7 aromatic rings. The number of aryl methyl sites for hydroxylation is 3. The van der Waals surface area contributed by atoms with Crippen LogP contribution in [0.5, 0.6) is 5.88 Å². The number of aromatic amines is 1. The van der Waals surface area contributed by atoms with Gasteiger partial charge in [0.1, 0.15) is 72.3 Å². The van der Waals surface area contributed by atoms with Gasteiger partial charge >= 0.3 is 15.2 Å². The highest BCUT2D eigenvalue weighted by atomic mass is 31.2.